The van der Waals surface area contributed by atoms with Crippen molar-refractivity contribution < 1.29 is 9.84 Å². The van der Waals surface area contributed by atoms with Crippen LogP contribution in [-0.2, 0) is 6.61 Å². The molecule has 2 heteroatoms. The molecule has 0 aliphatic carbocycles. The molecule has 0 saturated heterocycles. The van der Waals surface area contributed by atoms with Crippen LogP contribution in [0.4, 0.5) is 0 Å². The summed E-state index contributed by atoms with van der Waals surface area (Å²) in [5.74, 6) is 0.882. The van der Waals surface area contributed by atoms with Crippen LogP contribution in [-0.4, -0.2) is 11.7 Å². The van der Waals surface area contributed by atoms with Gasteiger partial charge in [-0.05, 0) is 48.7 Å². The second kappa shape index (κ2) is 6.92. The highest BCUT2D eigenvalue weighted by atomic mass is 16.5. The number of aryl methyl sites for hydroxylation is 2. The molecule has 0 fully saturated rings. The predicted octanol–water partition coefficient (Wildman–Crippen LogP) is 3.89. The van der Waals surface area contributed by atoms with E-state index in [1.807, 2.05) is 61.5 Å². The van der Waals surface area contributed by atoms with Gasteiger partial charge in [0.05, 0.1) is 6.61 Å². The summed E-state index contributed by atoms with van der Waals surface area (Å²) in [7, 11) is 0. The molecular formula is C18H20O2. The van der Waals surface area contributed by atoms with Crippen molar-refractivity contribution in [2.45, 2.75) is 20.5 Å². The lowest BCUT2D eigenvalue weighted by molar-refractivity contribution is 0.282. The van der Waals surface area contributed by atoms with E-state index in [0.717, 1.165) is 22.4 Å². The minimum absolute atomic E-state index is 0.0847. The third-order valence-electron chi connectivity index (χ3n) is 3.18. The third kappa shape index (κ3) is 3.97. The van der Waals surface area contributed by atoms with Crippen LogP contribution in [0.25, 0.3) is 6.08 Å². The van der Waals surface area contributed by atoms with Gasteiger partial charge in [0.15, 0.2) is 0 Å². The van der Waals surface area contributed by atoms with Crippen molar-refractivity contribution in [3.8, 4) is 5.75 Å². The molecule has 0 radical (unpaired) electrons. The highest BCUT2D eigenvalue weighted by Gasteiger charge is 1.96. The van der Waals surface area contributed by atoms with Crippen LogP contribution >= 0.6 is 0 Å². The first kappa shape index (κ1) is 14.4. The summed E-state index contributed by atoms with van der Waals surface area (Å²) in [6.45, 7) is 4.73. The average molecular weight is 268 g/mol. The molecule has 1 N–H and O–H groups in total. The highest BCUT2D eigenvalue weighted by molar-refractivity contribution is 5.54. The first-order chi connectivity index (χ1) is 9.69. The molecule has 0 aliphatic heterocycles. The number of ether oxygens (including phenoxy) is 1. The number of aliphatic hydroxyl groups excluding tert-OH is 1. The Morgan fingerprint density at radius 1 is 1.05 bits per heavy atom. The average Bonchev–Trinajstić information content (AvgIpc) is 2.46. The lowest BCUT2D eigenvalue weighted by Gasteiger charge is -2.05. The Labute approximate surface area is 120 Å². The molecule has 0 heterocycles. The summed E-state index contributed by atoms with van der Waals surface area (Å²) < 4.78 is 5.64. The van der Waals surface area contributed by atoms with E-state index in [0.29, 0.717) is 6.61 Å². The molecular weight excluding hydrogens is 248 g/mol. The van der Waals surface area contributed by atoms with Crippen molar-refractivity contribution in [2.24, 2.45) is 0 Å². The maximum absolute atomic E-state index is 9.07. The fourth-order valence-corrected chi connectivity index (χ4v) is 1.98. The van der Waals surface area contributed by atoms with Crippen LogP contribution in [0, 0.1) is 13.8 Å². The van der Waals surface area contributed by atoms with Gasteiger partial charge < -0.3 is 9.84 Å². The predicted molar refractivity (Wildman–Crippen MR) is 82.8 cm³/mol. The molecule has 0 aromatic heterocycles. The Morgan fingerprint density at radius 2 is 1.80 bits per heavy atom. The van der Waals surface area contributed by atoms with Gasteiger partial charge in [-0.15, -0.1) is 0 Å². The van der Waals surface area contributed by atoms with Crippen LogP contribution in [0.15, 0.2) is 48.5 Å². The highest BCUT2D eigenvalue weighted by Crippen LogP contribution is 2.14. The first-order valence-corrected chi connectivity index (χ1v) is 6.75. The van der Waals surface area contributed by atoms with Gasteiger partial charge in [0, 0.05) is 0 Å². The van der Waals surface area contributed by atoms with Gasteiger partial charge in [-0.3, -0.25) is 0 Å². The summed E-state index contributed by atoms with van der Waals surface area (Å²) in [6, 6.07) is 14.0. The molecule has 2 rings (SSSR count). The fourth-order valence-electron chi connectivity index (χ4n) is 1.98. The van der Waals surface area contributed by atoms with Crippen LogP contribution in [0.2, 0.25) is 0 Å². The second-order valence-electron chi connectivity index (χ2n) is 4.88. The molecule has 2 aromatic carbocycles. The molecule has 0 unspecified atom stereocenters. The van der Waals surface area contributed by atoms with Crippen molar-refractivity contribution in [1.29, 1.82) is 0 Å². The minimum atomic E-state index is 0.0847. The van der Waals surface area contributed by atoms with Gasteiger partial charge in [0.25, 0.3) is 0 Å². The monoisotopic (exact) mass is 268 g/mol. The van der Waals surface area contributed by atoms with Gasteiger partial charge >= 0.3 is 0 Å². The molecule has 2 aromatic rings. The van der Waals surface area contributed by atoms with Crippen molar-refractivity contribution in [3.05, 3.63) is 70.8 Å². The maximum atomic E-state index is 9.07. The lowest BCUT2D eigenvalue weighted by Crippen LogP contribution is -1.93. The zero-order valence-electron chi connectivity index (χ0n) is 12.0. The van der Waals surface area contributed by atoms with E-state index >= 15 is 0 Å². The molecule has 0 saturated carbocycles. The van der Waals surface area contributed by atoms with Gasteiger partial charge in [-0.1, -0.05) is 42.0 Å². The molecule has 2 nitrogen and oxygen atoms in total. The standard InChI is InChI=1S/C18H20O2/c1-14-5-9-18(10-6-14)20-11-3-4-17-8-7-16(13-19)12-15(17)2/h3-10,12,19H,11,13H2,1-2H3. The van der Waals surface area contributed by atoms with E-state index in [9.17, 15) is 0 Å². The van der Waals surface area contributed by atoms with Crippen LogP contribution < -0.4 is 4.74 Å². The maximum Gasteiger partial charge on any atom is 0.119 e. The Bertz CT molecular complexity index is 583. The Hall–Kier alpha value is -2.06. The van der Waals surface area contributed by atoms with E-state index in [-0.39, 0.29) is 6.61 Å². The lowest BCUT2D eigenvalue weighted by atomic mass is 10.1. The number of hydrogen-bond donors (Lipinski definition) is 1. The molecule has 0 atom stereocenters. The summed E-state index contributed by atoms with van der Waals surface area (Å²) in [6.07, 6.45) is 4.05. The van der Waals surface area contributed by atoms with Gasteiger partial charge in [0.1, 0.15) is 12.4 Å². The number of aliphatic hydroxyl groups is 1. The Morgan fingerprint density at radius 3 is 2.45 bits per heavy atom. The van der Waals surface area contributed by atoms with E-state index in [2.05, 4.69) is 6.92 Å². The fraction of sp³-hybridized carbons (Fsp3) is 0.222. The smallest absolute Gasteiger partial charge is 0.119 e. The number of hydrogen-bond acceptors (Lipinski definition) is 2. The zero-order chi connectivity index (χ0) is 14.4. The van der Waals surface area contributed by atoms with E-state index in [1.54, 1.807) is 0 Å². The first-order valence-electron chi connectivity index (χ1n) is 6.75. The summed E-state index contributed by atoms with van der Waals surface area (Å²) in [5.41, 5.74) is 4.47. The van der Waals surface area contributed by atoms with Gasteiger partial charge in [-0.2, -0.15) is 0 Å². The van der Waals surface area contributed by atoms with E-state index in [4.69, 9.17) is 9.84 Å². The third-order valence-corrected chi connectivity index (χ3v) is 3.18. The normalized spacial score (nSPS) is 10.9. The molecule has 0 spiro atoms. The quantitative estimate of drug-likeness (QED) is 0.891. The van der Waals surface area contributed by atoms with Gasteiger partial charge in [-0.25, -0.2) is 0 Å². The SMILES string of the molecule is Cc1ccc(OCC=Cc2ccc(CO)cc2C)cc1. The van der Waals surface area contributed by atoms with E-state index in [1.165, 1.54) is 5.56 Å². The summed E-state index contributed by atoms with van der Waals surface area (Å²) in [5, 5.41) is 9.07. The molecule has 0 aliphatic rings. The molecule has 0 bridgehead atoms. The molecule has 20 heavy (non-hydrogen) atoms. The summed E-state index contributed by atoms with van der Waals surface area (Å²) >= 11 is 0. The largest absolute Gasteiger partial charge is 0.490 e. The van der Waals surface area contributed by atoms with E-state index < -0.39 is 0 Å². The number of benzene rings is 2. The number of rotatable bonds is 5. The molecule has 0 amide bonds. The molecule has 104 valence electrons. The van der Waals surface area contributed by atoms with Gasteiger partial charge in [0.2, 0.25) is 0 Å². The van der Waals surface area contributed by atoms with Crippen LogP contribution in [0.5, 0.6) is 5.75 Å². The zero-order valence-corrected chi connectivity index (χ0v) is 12.0. The van der Waals surface area contributed by atoms with Crippen molar-refractivity contribution in [1.82, 2.24) is 0 Å². The van der Waals surface area contributed by atoms with Crippen molar-refractivity contribution in [3.63, 3.8) is 0 Å². The van der Waals surface area contributed by atoms with Crippen molar-refractivity contribution >= 4 is 6.08 Å². The van der Waals surface area contributed by atoms with Crippen LogP contribution in [0.1, 0.15) is 22.3 Å². The van der Waals surface area contributed by atoms with Crippen molar-refractivity contribution in [2.75, 3.05) is 6.61 Å². The second-order valence-corrected chi connectivity index (χ2v) is 4.88. The topological polar surface area (TPSA) is 29.5 Å². The Kier molecular flexibility index (Phi) is 4.97. The summed E-state index contributed by atoms with van der Waals surface area (Å²) in [4.78, 5) is 0. The van der Waals surface area contributed by atoms with Crippen LogP contribution in [0.3, 0.4) is 0 Å². The minimum Gasteiger partial charge on any atom is -0.490 e. The Balaban J connectivity index is 1.91.